The van der Waals surface area contributed by atoms with Crippen molar-refractivity contribution in [3.05, 3.63) is 89.5 Å². The molecule has 1 amide bonds. The second-order valence-electron chi connectivity index (χ2n) is 6.70. The quantitative estimate of drug-likeness (QED) is 0.719. The Labute approximate surface area is 169 Å². The highest BCUT2D eigenvalue weighted by atomic mass is 32.2. The summed E-state index contributed by atoms with van der Waals surface area (Å²) in [6.07, 6.45) is -0.890. The third-order valence-electron chi connectivity index (χ3n) is 4.63. The van der Waals surface area contributed by atoms with E-state index in [0.717, 1.165) is 11.1 Å². The molecule has 7 heteroatoms. The van der Waals surface area contributed by atoms with Crippen LogP contribution >= 0.6 is 0 Å². The molecule has 148 valence electrons. The number of hydrogen-bond acceptors (Lipinski definition) is 5. The van der Waals surface area contributed by atoms with Crippen molar-refractivity contribution < 1.29 is 22.7 Å². The van der Waals surface area contributed by atoms with Gasteiger partial charge in [0.2, 0.25) is 0 Å². The molecule has 1 heterocycles. The molecule has 1 aliphatic heterocycles. The van der Waals surface area contributed by atoms with E-state index in [-0.39, 0.29) is 4.90 Å². The van der Waals surface area contributed by atoms with E-state index in [4.69, 9.17) is 9.47 Å². The summed E-state index contributed by atoms with van der Waals surface area (Å²) in [5, 5.41) is 0. The van der Waals surface area contributed by atoms with Gasteiger partial charge in [0.05, 0.1) is 4.90 Å². The van der Waals surface area contributed by atoms with Crippen LogP contribution < -0.4 is 14.2 Å². The Morgan fingerprint density at radius 2 is 1.38 bits per heavy atom. The van der Waals surface area contributed by atoms with Crippen LogP contribution in [0.2, 0.25) is 0 Å². The van der Waals surface area contributed by atoms with Crippen molar-refractivity contribution in [3.8, 4) is 11.5 Å². The van der Waals surface area contributed by atoms with E-state index in [1.54, 1.807) is 49.4 Å². The van der Waals surface area contributed by atoms with Gasteiger partial charge in [-0.05, 0) is 41.8 Å². The maximum atomic E-state index is 12.8. The van der Waals surface area contributed by atoms with Crippen LogP contribution in [0.25, 0.3) is 0 Å². The normalized spacial score (nSPS) is 13.7. The van der Waals surface area contributed by atoms with Crippen molar-refractivity contribution in [2.24, 2.45) is 0 Å². The summed E-state index contributed by atoms with van der Waals surface area (Å²) < 4.78 is 39.0. The van der Waals surface area contributed by atoms with E-state index in [9.17, 15) is 13.2 Å². The molecule has 0 fully saturated rings. The van der Waals surface area contributed by atoms with Crippen LogP contribution in [0.4, 0.5) is 0 Å². The number of ether oxygens (including phenoxy) is 2. The van der Waals surface area contributed by atoms with E-state index >= 15 is 0 Å². The second-order valence-corrected chi connectivity index (χ2v) is 8.35. The number of para-hydroxylation sites is 2. The van der Waals surface area contributed by atoms with Gasteiger partial charge in [-0.3, -0.25) is 4.79 Å². The van der Waals surface area contributed by atoms with E-state index in [0.29, 0.717) is 23.5 Å². The Morgan fingerprint density at radius 3 is 1.97 bits per heavy atom. The molecule has 0 unspecified atom stereocenters. The first-order chi connectivity index (χ1) is 13.9. The molecule has 3 aromatic rings. The van der Waals surface area contributed by atoms with Gasteiger partial charge in [-0.1, -0.05) is 54.6 Å². The van der Waals surface area contributed by atoms with Gasteiger partial charge in [0, 0.05) is 6.42 Å². The molecule has 0 saturated carbocycles. The fraction of sp³-hybridized carbons (Fsp3) is 0.136. The molecule has 29 heavy (non-hydrogen) atoms. The number of sulfonamides is 1. The number of aryl methyl sites for hydroxylation is 1. The number of fused-ring (bicyclic) bond motifs is 2. The lowest BCUT2D eigenvalue weighted by Gasteiger charge is -2.25. The van der Waals surface area contributed by atoms with Crippen molar-refractivity contribution in [2.45, 2.75) is 24.5 Å². The Kier molecular flexibility index (Phi) is 4.98. The SMILES string of the molecule is Cc1ccccc1S(=O)(=O)NC(=O)C1Oc2ccccc2Cc2ccccc2O1. The smallest absolute Gasteiger partial charge is 0.322 e. The summed E-state index contributed by atoms with van der Waals surface area (Å²) in [7, 11) is -4.07. The minimum Gasteiger partial charge on any atom is -0.446 e. The van der Waals surface area contributed by atoms with Gasteiger partial charge in [0.15, 0.2) is 0 Å². The molecule has 1 N–H and O–H groups in total. The molecule has 0 bridgehead atoms. The zero-order chi connectivity index (χ0) is 20.4. The molecule has 0 saturated heterocycles. The molecule has 0 atom stereocenters. The minimum absolute atomic E-state index is 0.0278. The van der Waals surface area contributed by atoms with E-state index in [1.807, 2.05) is 24.3 Å². The first-order valence-corrected chi connectivity index (χ1v) is 10.5. The number of nitrogens with one attached hydrogen (secondary N) is 1. The van der Waals surface area contributed by atoms with Crippen LogP contribution in [0.15, 0.2) is 77.7 Å². The zero-order valence-electron chi connectivity index (χ0n) is 15.7. The van der Waals surface area contributed by atoms with Crippen LogP contribution in [0.1, 0.15) is 16.7 Å². The fourth-order valence-corrected chi connectivity index (χ4v) is 4.41. The molecule has 0 aliphatic carbocycles. The van der Waals surface area contributed by atoms with Gasteiger partial charge in [0.25, 0.3) is 10.0 Å². The van der Waals surface area contributed by atoms with Crippen molar-refractivity contribution in [1.29, 1.82) is 0 Å². The Hall–Kier alpha value is -3.32. The topological polar surface area (TPSA) is 81.7 Å². The van der Waals surface area contributed by atoms with Gasteiger partial charge >= 0.3 is 12.2 Å². The highest BCUT2D eigenvalue weighted by molar-refractivity contribution is 7.90. The van der Waals surface area contributed by atoms with Crippen molar-refractivity contribution in [2.75, 3.05) is 0 Å². The number of amides is 1. The van der Waals surface area contributed by atoms with Gasteiger partial charge in [-0.2, -0.15) is 0 Å². The predicted molar refractivity (Wildman–Crippen MR) is 107 cm³/mol. The van der Waals surface area contributed by atoms with Crippen molar-refractivity contribution in [1.82, 2.24) is 4.72 Å². The number of carbonyl (C=O) groups excluding carboxylic acids is 1. The van der Waals surface area contributed by atoms with Gasteiger partial charge < -0.3 is 9.47 Å². The average Bonchev–Trinajstić information content (AvgIpc) is 2.68. The van der Waals surface area contributed by atoms with Gasteiger partial charge in [0.1, 0.15) is 11.5 Å². The van der Waals surface area contributed by atoms with Crippen LogP contribution in [0.3, 0.4) is 0 Å². The standard InChI is InChI=1S/C22H19NO5S/c1-15-8-2-7-13-20(15)29(25,26)23-21(24)22-27-18-11-5-3-9-16(18)14-17-10-4-6-12-19(17)28-22/h2-13,22H,14H2,1H3,(H,23,24). The highest BCUT2D eigenvalue weighted by Gasteiger charge is 2.31. The summed E-state index contributed by atoms with van der Waals surface area (Å²) in [4.78, 5) is 12.9. The van der Waals surface area contributed by atoms with Crippen molar-refractivity contribution in [3.63, 3.8) is 0 Å². The Morgan fingerprint density at radius 1 is 0.862 bits per heavy atom. The first kappa shape index (κ1) is 19.0. The van der Waals surface area contributed by atoms with Crippen LogP contribution in [-0.2, 0) is 21.2 Å². The van der Waals surface area contributed by atoms with Crippen LogP contribution in [0, 0.1) is 6.92 Å². The molecule has 0 spiro atoms. The average molecular weight is 409 g/mol. The summed E-state index contributed by atoms with van der Waals surface area (Å²) in [5.41, 5.74) is 2.29. The fourth-order valence-electron chi connectivity index (χ4n) is 3.19. The number of hydrogen-bond donors (Lipinski definition) is 1. The van der Waals surface area contributed by atoms with Crippen LogP contribution in [-0.4, -0.2) is 20.6 Å². The molecule has 0 radical (unpaired) electrons. The lowest BCUT2D eigenvalue weighted by Crippen LogP contribution is -2.45. The summed E-state index contributed by atoms with van der Waals surface area (Å²) >= 11 is 0. The molecular weight excluding hydrogens is 390 g/mol. The Balaban J connectivity index is 1.67. The van der Waals surface area contributed by atoms with Gasteiger partial charge in [-0.15, -0.1) is 0 Å². The zero-order valence-corrected chi connectivity index (χ0v) is 16.5. The molecule has 6 nitrogen and oxygen atoms in total. The maximum absolute atomic E-state index is 12.8. The third-order valence-corrected chi connectivity index (χ3v) is 6.13. The monoisotopic (exact) mass is 409 g/mol. The lowest BCUT2D eigenvalue weighted by molar-refractivity contribution is -0.138. The van der Waals surface area contributed by atoms with Crippen LogP contribution in [0.5, 0.6) is 11.5 Å². The molecule has 0 aromatic heterocycles. The molecule has 3 aromatic carbocycles. The number of benzene rings is 3. The van der Waals surface area contributed by atoms with E-state index < -0.39 is 22.2 Å². The van der Waals surface area contributed by atoms with E-state index in [2.05, 4.69) is 4.72 Å². The molecule has 4 rings (SSSR count). The summed E-state index contributed by atoms with van der Waals surface area (Å²) in [5.74, 6) is 0.0330. The lowest BCUT2D eigenvalue weighted by atomic mass is 10.0. The second kappa shape index (κ2) is 7.60. The molecule has 1 aliphatic rings. The highest BCUT2D eigenvalue weighted by Crippen LogP contribution is 2.31. The maximum Gasteiger partial charge on any atom is 0.322 e. The first-order valence-electron chi connectivity index (χ1n) is 9.05. The third kappa shape index (κ3) is 3.95. The Bertz CT molecular complexity index is 1130. The molecular formula is C22H19NO5S. The summed E-state index contributed by atoms with van der Waals surface area (Å²) in [6, 6.07) is 21.0. The van der Waals surface area contributed by atoms with Gasteiger partial charge in [-0.25, -0.2) is 13.1 Å². The summed E-state index contributed by atoms with van der Waals surface area (Å²) in [6.45, 7) is 1.66. The minimum atomic E-state index is -4.07. The largest absolute Gasteiger partial charge is 0.446 e. The van der Waals surface area contributed by atoms with E-state index in [1.165, 1.54) is 6.07 Å². The van der Waals surface area contributed by atoms with Crippen molar-refractivity contribution >= 4 is 15.9 Å². The predicted octanol–water partition coefficient (Wildman–Crippen LogP) is 3.19. The number of carbonyl (C=O) groups is 1. The number of rotatable bonds is 3.